The first-order valence-corrected chi connectivity index (χ1v) is 16.7. The zero-order valence-electron chi connectivity index (χ0n) is 25.2. The number of esters is 1. The van der Waals surface area contributed by atoms with Gasteiger partial charge in [-0.2, -0.15) is 5.10 Å². The number of allylic oxidation sites excluding steroid dienone is 1. The summed E-state index contributed by atoms with van der Waals surface area (Å²) in [6.45, 7) is 5.10. The number of imidazole rings is 1. The minimum atomic E-state index is -1.65. The molecule has 0 aliphatic carbocycles. The van der Waals surface area contributed by atoms with Crippen LogP contribution in [0, 0.1) is 0 Å². The van der Waals surface area contributed by atoms with Crippen molar-refractivity contribution < 1.29 is 28.4 Å². The summed E-state index contributed by atoms with van der Waals surface area (Å²) in [4.78, 5) is 45.6. The number of ether oxygens (including phenoxy) is 2. The minimum Gasteiger partial charge on any atom is -0.614 e. The second kappa shape index (κ2) is 13.0. The number of carbonyl (C=O) groups excluding carboxylic acids is 3. The van der Waals surface area contributed by atoms with E-state index < -0.39 is 52.3 Å². The summed E-state index contributed by atoms with van der Waals surface area (Å²) in [5.41, 5.74) is 1.72. The fourth-order valence-electron chi connectivity index (χ4n) is 5.15. The molecule has 11 nitrogen and oxygen atoms in total. The number of fused-ring (bicyclic) bond motifs is 2. The third-order valence-electron chi connectivity index (χ3n) is 7.14. The van der Waals surface area contributed by atoms with Gasteiger partial charge in [0.15, 0.2) is 17.8 Å². The summed E-state index contributed by atoms with van der Waals surface area (Å²) < 4.78 is 26.7. The molecular formula is C33H31N5O6S2. The Labute approximate surface area is 272 Å². The lowest BCUT2D eigenvalue weighted by Crippen LogP contribution is -2.74. The molecule has 1 unspecified atom stereocenters. The lowest BCUT2D eigenvalue weighted by atomic mass is 10.0. The van der Waals surface area contributed by atoms with Crippen LogP contribution in [0.15, 0.2) is 113 Å². The lowest BCUT2D eigenvalue weighted by molar-refractivity contribution is -0.154. The second-order valence-electron chi connectivity index (χ2n) is 11.6. The van der Waals surface area contributed by atoms with E-state index >= 15 is 0 Å². The van der Waals surface area contributed by atoms with Gasteiger partial charge in [-0.05, 0) is 66.7 Å². The van der Waals surface area contributed by atoms with Crippen LogP contribution in [-0.2, 0) is 30.2 Å². The van der Waals surface area contributed by atoms with E-state index in [1.54, 1.807) is 49.2 Å². The van der Waals surface area contributed by atoms with Crippen molar-refractivity contribution in [2.24, 2.45) is 0 Å². The van der Waals surface area contributed by atoms with Crippen molar-refractivity contribution >= 4 is 46.6 Å². The molecule has 4 aromatic rings. The molecule has 2 aromatic heterocycles. The highest BCUT2D eigenvalue weighted by molar-refractivity contribution is 8.02. The van der Waals surface area contributed by atoms with Gasteiger partial charge >= 0.3 is 12.1 Å². The van der Waals surface area contributed by atoms with Crippen LogP contribution in [0.5, 0.6) is 0 Å². The Kier molecular flexibility index (Phi) is 8.89. The van der Waals surface area contributed by atoms with Gasteiger partial charge in [0.25, 0.3) is 5.91 Å². The zero-order chi connectivity index (χ0) is 32.4. The number of hydrogen-bond acceptors (Lipinski definition) is 9. The van der Waals surface area contributed by atoms with Crippen LogP contribution < -0.4 is 5.32 Å². The predicted octanol–water partition coefficient (Wildman–Crippen LogP) is 4.75. The summed E-state index contributed by atoms with van der Waals surface area (Å²) in [5.74, 6) is -1.39. The predicted molar refractivity (Wildman–Crippen MR) is 173 cm³/mol. The van der Waals surface area contributed by atoms with Gasteiger partial charge in [0, 0.05) is 18.0 Å². The Morgan fingerprint density at radius 3 is 2.39 bits per heavy atom. The van der Waals surface area contributed by atoms with Gasteiger partial charge in [-0.15, -0.1) is 0 Å². The third kappa shape index (κ3) is 6.66. The first-order valence-electron chi connectivity index (χ1n) is 14.5. The Hall–Kier alpha value is -4.59. The smallest absolute Gasteiger partial charge is 0.408 e. The number of aromatic nitrogens is 3. The molecule has 2 aromatic carbocycles. The molecule has 236 valence electrons. The maximum Gasteiger partial charge on any atom is 0.408 e. The average Bonchev–Trinajstić information content (AvgIpc) is 3.50. The highest BCUT2D eigenvalue weighted by Gasteiger charge is 2.61. The Morgan fingerprint density at radius 1 is 1.07 bits per heavy atom. The number of carbonyl (C=O) groups is 3. The minimum absolute atomic E-state index is 0.0245. The van der Waals surface area contributed by atoms with Crippen molar-refractivity contribution in [3.63, 3.8) is 0 Å². The van der Waals surface area contributed by atoms with E-state index in [-0.39, 0.29) is 11.4 Å². The average molecular weight is 658 g/mol. The van der Waals surface area contributed by atoms with E-state index in [1.807, 2.05) is 72.8 Å². The maximum atomic E-state index is 14.1. The molecule has 0 radical (unpaired) electrons. The lowest BCUT2D eigenvalue weighted by Gasteiger charge is -2.49. The molecular weight excluding hydrogens is 627 g/mol. The van der Waals surface area contributed by atoms with Crippen LogP contribution in [0.3, 0.4) is 0 Å². The molecule has 2 aliphatic rings. The van der Waals surface area contributed by atoms with E-state index in [0.29, 0.717) is 16.2 Å². The monoisotopic (exact) mass is 657 g/mol. The van der Waals surface area contributed by atoms with Gasteiger partial charge in [0.05, 0.1) is 0 Å². The molecule has 1 N–H and O–H groups in total. The normalized spacial score (nSPS) is 19.7. The Bertz CT molecular complexity index is 1780. The summed E-state index contributed by atoms with van der Waals surface area (Å²) in [5, 5.41) is 8.44. The van der Waals surface area contributed by atoms with Crippen LogP contribution in [-0.4, -0.2) is 64.8 Å². The van der Waals surface area contributed by atoms with E-state index in [0.717, 1.165) is 11.1 Å². The molecule has 0 spiro atoms. The number of benzene rings is 2. The fourth-order valence-corrected chi connectivity index (χ4v) is 7.45. The zero-order valence-corrected chi connectivity index (χ0v) is 26.9. The van der Waals surface area contributed by atoms with E-state index in [4.69, 9.17) is 9.47 Å². The molecule has 46 heavy (non-hydrogen) atoms. The Balaban J connectivity index is 1.32. The summed E-state index contributed by atoms with van der Waals surface area (Å²) in [6.07, 6.45) is 3.45. The van der Waals surface area contributed by atoms with Crippen LogP contribution in [0.2, 0.25) is 0 Å². The standard InChI is InChI=1S/C33H31N5O6S2/c1-33(2,3)44-32(41)35-26-29(39)38-27(31(40)43-28(21-10-6-4-7-11-21)22-12-8-5-9-13-22)23(20-46(42)30(26)38)16-19-45-25-15-14-24-34-17-18-37(24)36-25/h4-19,26,28,30H,20H2,1-3H3,(H,35,41)/b19-16+/t26-,30+,46?/m1/s1. The summed E-state index contributed by atoms with van der Waals surface area (Å²) in [7, 11) is 0. The van der Waals surface area contributed by atoms with Crippen molar-refractivity contribution in [2.45, 2.75) is 48.9 Å². The Morgan fingerprint density at radius 2 is 1.74 bits per heavy atom. The van der Waals surface area contributed by atoms with Crippen molar-refractivity contribution in [1.29, 1.82) is 0 Å². The third-order valence-corrected chi connectivity index (χ3v) is 9.49. The largest absolute Gasteiger partial charge is 0.614 e. The molecule has 6 rings (SSSR count). The van der Waals surface area contributed by atoms with E-state index in [2.05, 4.69) is 15.4 Å². The van der Waals surface area contributed by atoms with Crippen molar-refractivity contribution in [2.75, 3.05) is 5.75 Å². The second-order valence-corrected chi connectivity index (χ2v) is 14.0. The molecule has 1 saturated heterocycles. The molecule has 2 aliphatic heterocycles. The number of nitrogens with zero attached hydrogens (tertiary/aromatic N) is 4. The van der Waals surface area contributed by atoms with Gasteiger partial charge < -0.3 is 19.3 Å². The van der Waals surface area contributed by atoms with E-state index in [1.165, 1.54) is 16.7 Å². The molecule has 1 fully saturated rings. The van der Waals surface area contributed by atoms with Crippen molar-refractivity contribution in [1.82, 2.24) is 24.8 Å². The number of nitrogens with one attached hydrogen (secondary N) is 1. The molecule has 0 bridgehead atoms. The van der Waals surface area contributed by atoms with Gasteiger partial charge in [0.1, 0.15) is 22.1 Å². The van der Waals surface area contributed by atoms with Crippen molar-refractivity contribution in [3.8, 4) is 0 Å². The summed E-state index contributed by atoms with van der Waals surface area (Å²) >= 11 is -0.364. The number of alkyl carbamates (subject to hydrolysis) is 1. The highest BCUT2D eigenvalue weighted by atomic mass is 32.2. The van der Waals surface area contributed by atoms with Crippen LogP contribution >= 0.6 is 11.8 Å². The van der Waals surface area contributed by atoms with Gasteiger partial charge in [-0.25, -0.2) is 19.1 Å². The first kappa shape index (κ1) is 31.4. The fraction of sp³-hybridized carbons (Fsp3) is 0.242. The van der Waals surface area contributed by atoms with Gasteiger partial charge in [-0.1, -0.05) is 72.4 Å². The number of thioether (sulfide) groups is 1. The molecule has 4 heterocycles. The quantitative estimate of drug-likeness (QED) is 0.123. The van der Waals surface area contributed by atoms with Crippen LogP contribution in [0.25, 0.3) is 5.65 Å². The van der Waals surface area contributed by atoms with Crippen LogP contribution in [0.1, 0.15) is 38.0 Å². The van der Waals surface area contributed by atoms with Crippen LogP contribution in [0.4, 0.5) is 4.79 Å². The molecule has 13 heteroatoms. The number of β-lactam (4-membered cyclic amide) rings is 1. The van der Waals surface area contributed by atoms with E-state index in [9.17, 15) is 18.9 Å². The first-order chi connectivity index (χ1) is 22.1. The highest BCUT2D eigenvalue weighted by Crippen LogP contribution is 2.39. The number of hydrogen-bond donors (Lipinski definition) is 1. The molecule has 2 amide bonds. The number of rotatable bonds is 8. The SMILES string of the molecule is CC(C)(C)OC(=O)N[C@@H]1C(=O)N2C(C(=O)OC(c3ccccc3)c3ccccc3)=C(/C=C/Sc3ccc4nccn4n3)C[S+]([O-])[C@@H]12. The molecule has 0 saturated carbocycles. The van der Waals surface area contributed by atoms with Gasteiger partial charge in [0.2, 0.25) is 5.37 Å². The van der Waals surface area contributed by atoms with Gasteiger partial charge in [-0.3, -0.25) is 9.69 Å². The summed E-state index contributed by atoms with van der Waals surface area (Å²) in [6, 6.07) is 21.1. The number of amides is 2. The van der Waals surface area contributed by atoms with Crippen molar-refractivity contribution in [3.05, 3.63) is 119 Å². The topological polar surface area (TPSA) is 138 Å². The maximum absolute atomic E-state index is 14.1. The molecule has 3 atom stereocenters.